The van der Waals surface area contributed by atoms with Gasteiger partial charge in [0.05, 0.1) is 0 Å². The van der Waals surface area contributed by atoms with E-state index in [0.717, 1.165) is 14.7 Å². The summed E-state index contributed by atoms with van der Waals surface area (Å²) in [6.45, 7) is 3.81. The third kappa shape index (κ3) is 3.35. The number of carbonyl (C=O) groups excluding carboxylic acids is 1. The van der Waals surface area contributed by atoms with Crippen LogP contribution in [0.2, 0.25) is 0 Å². The van der Waals surface area contributed by atoms with Crippen LogP contribution in [0.5, 0.6) is 0 Å². The number of halogens is 1. The molecule has 0 radical (unpaired) electrons. The fourth-order valence-electron chi connectivity index (χ4n) is 1.30. The standard InChI is InChI=1S/C13H13IO/c1-3-4-5-9-12(15)11-8-6-7-10(2)13(11)14/h6-8H,5,9H2,1-2H3. The third-order valence-electron chi connectivity index (χ3n) is 2.15. The smallest absolute Gasteiger partial charge is 0.164 e. The molecule has 0 heterocycles. The van der Waals surface area contributed by atoms with Gasteiger partial charge in [-0.2, -0.15) is 0 Å². The van der Waals surface area contributed by atoms with Crippen LogP contribution in [-0.4, -0.2) is 5.78 Å². The van der Waals surface area contributed by atoms with Crippen LogP contribution in [0.4, 0.5) is 0 Å². The van der Waals surface area contributed by atoms with E-state index in [1.807, 2.05) is 25.1 Å². The Balaban J connectivity index is 2.81. The van der Waals surface area contributed by atoms with E-state index in [0.29, 0.717) is 12.8 Å². The molecule has 0 N–H and O–H groups in total. The number of carbonyl (C=O) groups is 1. The molecular formula is C13H13IO. The Morgan fingerprint density at radius 2 is 2.20 bits per heavy atom. The predicted molar refractivity (Wildman–Crippen MR) is 70.9 cm³/mol. The van der Waals surface area contributed by atoms with Crippen molar-refractivity contribution in [3.05, 3.63) is 32.9 Å². The summed E-state index contributed by atoms with van der Waals surface area (Å²) in [4.78, 5) is 11.8. The van der Waals surface area contributed by atoms with Gasteiger partial charge in [-0.1, -0.05) is 18.2 Å². The van der Waals surface area contributed by atoms with Gasteiger partial charge in [0.1, 0.15) is 0 Å². The summed E-state index contributed by atoms with van der Waals surface area (Å²) in [5.74, 6) is 5.89. The minimum Gasteiger partial charge on any atom is -0.294 e. The lowest BCUT2D eigenvalue weighted by atomic mass is 10.0. The highest BCUT2D eigenvalue weighted by Gasteiger charge is 2.09. The van der Waals surface area contributed by atoms with Crippen molar-refractivity contribution < 1.29 is 4.79 Å². The zero-order valence-corrected chi connectivity index (χ0v) is 11.1. The van der Waals surface area contributed by atoms with Crippen LogP contribution in [-0.2, 0) is 0 Å². The number of rotatable bonds is 3. The van der Waals surface area contributed by atoms with Gasteiger partial charge < -0.3 is 0 Å². The SMILES string of the molecule is CC#CCCC(=O)c1cccc(C)c1I. The highest BCUT2D eigenvalue weighted by atomic mass is 127. The van der Waals surface area contributed by atoms with E-state index in [-0.39, 0.29) is 5.78 Å². The first-order valence-corrected chi connectivity index (χ1v) is 5.92. The number of hydrogen-bond donors (Lipinski definition) is 0. The zero-order chi connectivity index (χ0) is 11.3. The predicted octanol–water partition coefficient (Wildman–Crippen LogP) is 3.59. The third-order valence-corrected chi connectivity index (χ3v) is 3.58. The first-order chi connectivity index (χ1) is 7.16. The molecule has 78 valence electrons. The Bertz CT molecular complexity index is 424. The second-order valence-electron chi connectivity index (χ2n) is 3.29. The summed E-state index contributed by atoms with van der Waals surface area (Å²) in [5.41, 5.74) is 1.98. The summed E-state index contributed by atoms with van der Waals surface area (Å²) in [5, 5.41) is 0. The average Bonchev–Trinajstić information content (AvgIpc) is 2.22. The molecule has 0 fully saturated rings. The second kappa shape index (κ2) is 5.92. The van der Waals surface area contributed by atoms with Crippen LogP contribution >= 0.6 is 22.6 Å². The van der Waals surface area contributed by atoms with Gasteiger partial charge >= 0.3 is 0 Å². The molecule has 0 saturated heterocycles. The van der Waals surface area contributed by atoms with E-state index in [1.54, 1.807) is 6.92 Å². The molecule has 0 amide bonds. The Kier molecular flexibility index (Phi) is 4.83. The normalized spacial score (nSPS) is 9.27. The lowest BCUT2D eigenvalue weighted by Gasteiger charge is -2.04. The summed E-state index contributed by atoms with van der Waals surface area (Å²) in [7, 11) is 0. The van der Waals surface area contributed by atoms with Gasteiger partial charge in [0, 0.05) is 22.0 Å². The van der Waals surface area contributed by atoms with Gasteiger partial charge in [0.2, 0.25) is 0 Å². The van der Waals surface area contributed by atoms with E-state index in [1.165, 1.54) is 0 Å². The monoisotopic (exact) mass is 312 g/mol. The molecule has 2 heteroatoms. The van der Waals surface area contributed by atoms with Crippen LogP contribution in [0.25, 0.3) is 0 Å². The fraction of sp³-hybridized carbons (Fsp3) is 0.308. The zero-order valence-electron chi connectivity index (χ0n) is 8.93. The number of aryl methyl sites for hydroxylation is 1. The van der Waals surface area contributed by atoms with Crippen molar-refractivity contribution in [3.63, 3.8) is 0 Å². The summed E-state index contributed by atoms with van der Waals surface area (Å²) in [6.07, 6.45) is 1.17. The molecule has 1 aromatic carbocycles. The van der Waals surface area contributed by atoms with E-state index in [4.69, 9.17) is 0 Å². The molecule has 0 aliphatic rings. The highest BCUT2D eigenvalue weighted by molar-refractivity contribution is 14.1. The molecule has 0 aliphatic carbocycles. The minimum atomic E-state index is 0.186. The van der Waals surface area contributed by atoms with Crippen molar-refractivity contribution in [2.75, 3.05) is 0 Å². The first kappa shape index (κ1) is 12.3. The van der Waals surface area contributed by atoms with Gasteiger partial charge in [0.15, 0.2) is 5.78 Å². The van der Waals surface area contributed by atoms with Gasteiger partial charge in [0.25, 0.3) is 0 Å². The van der Waals surface area contributed by atoms with Crippen molar-refractivity contribution in [1.82, 2.24) is 0 Å². The van der Waals surface area contributed by atoms with E-state index in [9.17, 15) is 4.79 Å². The number of Topliss-reactive ketones (excluding diaryl/α,β-unsaturated/α-hetero) is 1. The van der Waals surface area contributed by atoms with Crippen molar-refractivity contribution in [2.24, 2.45) is 0 Å². The van der Waals surface area contributed by atoms with Crippen molar-refractivity contribution >= 4 is 28.4 Å². The lowest BCUT2D eigenvalue weighted by molar-refractivity contribution is 0.0983. The molecule has 0 bridgehead atoms. The Hall–Kier alpha value is -0.820. The summed E-state index contributed by atoms with van der Waals surface area (Å²) in [6, 6.07) is 5.83. The van der Waals surface area contributed by atoms with E-state index >= 15 is 0 Å². The number of hydrogen-bond acceptors (Lipinski definition) is 1. The van der Waals surface area contributed by atoms with Gasteiger partial charge in [-0.25, -0.2) is 0 Å². The minimum absolute atomic E-state index is 0.186. The Labute approximate surface area is 104 Å². The van der Waals surface area contributed by atoms with Crippen LogP contribution < -0.4 is 0 Å². The molecule has 1 nitrogen and oxygen atoms in total. The van der Waals surface area contributed by atoms with Crippen LogP contribution in [0.3, 0.4) is 0 Å². The van der Waals surface area contributed by atoms with E-state index < -0.39 is 0 Å². The highest BCUT2D eigenvalue weighted by Crippen LogP contribution is 2.18. The second-order valence-corrected chi connectivity index (χ2v) is 4.37. The quantitative estimate of drug-likeness (QED) is 0.474. The molecule has 0 aliphatic heterocycles. The first-order valence-electron chi connectivity index (χ1n) is 4.84. The molecule has 0 spiro atoms. The maximum Gasteiger partial charge on any atom is 0.164 e. The fourth-order valence-corrected chi connectivity index (χ4v) is 1.96. The van der Waals surface area contributed by atoms with Crippen LogP contribution in [0.15, 0.2) is 18.2 Å². The molecule has 1 aromatic rings. The molecule has 15 heavy (non-hydrogen) atoms. The molecule has 1 rings (SSSR count). The van der Waals surface area contributed by atoms with Gasteiger partial charge in [-0.05, 0) is 42.0 Å². The lowest BCUT2D eigenvalue weighted by Crippen LogP contribution is -2.02. The summed E-state index contributed by atoms with van der Waals surface area (Å²) >= 11 is 2.22. The largest absolute Gasteiger partial charge is 0.294 e. The maximum atomic E-state index is 11.8. The molecule has 0 saturated carbocycles. The van der Waals surface area contributed by atoms with E-state index in [2.05, 4.69) is 34.4 Å². The van der Waals surface area contributed by atoms with Crippen molar-refractivity contribution in [1.29, 1.82) is 0 Å². The number of benzene rings is 1. The molecule has 0 unspecified atom stereocenters. The van der Waals surface area contributed by atoms with Crippen LogP contribution in [0, 0.1) is 22.3 Å². The van der Waals surface area contributed by atoms with Gasteiger partial charge in [-0.3, -0.25) is 4.79 Å². The van der Waals surface area contributed by atoms with Crippen LogP contribution in [0.1, 0.15) is 35.7 Å². The molecule has 0 atom stereocenters. The molecular weight excluding hydrogens is 299 g/mol. The average molecular weight is 312 g/mol. The Morgan fingerprint density at radius 3 is 2.87 bits per heavy atom. The topological polar surface area (TPSA) is 17.1 Å². The number of ketones is 1. The maximum absolute atomic E-state index is 11.8. The van der Waals surface area contributed by atoms with Crippen molar-refractivity contribution in [2.45, 2.75) is 26.7 Å². The summed E-state index contributed by atoms with van der Waals surface area (Å²) < 4.78 is 1.06. The Morgan fingerprint density at radius 1 is 1.47 bits per heavy atom. The molecule has 0 aromatic heterocycles. The van der Waals surface area contributed by atoms with Gasteiger partial charge in [-0.15, -0.1) is 11.8 Å². The van der Waals surface area contributed by atoms with Crippen molar-refractivity contribution in [3.8, 4) is 11.8 Å².